The summed E-state index contributed by atoms with van der Waals surface area (Å²) in [5.41, 5.74) is -1.52. The lowest BCUT2D eigenvalue weighted by molar-refractivity contribution is -0.148. The molecule has 132 valence electrons. The molecule has 2 heterocycles. The molecule has 0 spiro atoms. The number of hydrogen-bond donors (Lipinski definition) is 2. The van der Waals surface area contributed by atoms with Crippen LogP contribution in [0.1, 0.15) is 23.3 Å². The van der Waals surface area contributed by atoms with E-state index in [0.29, 0.717) is 0 Å². The van der Waals surface area contributed by atoms with Crippen molar-refractivity contribution in [2.45, 2.75) is 18.4 Å². The molecule has 1 fully saturated rings. The number of amides is 1. The van der Waals surface area contributed by atoms with Crippen molar-refractivity contribution in [1.82, 2.24) is 20.3 Å². The molecule has 1 aromatic heterocycles. The van der Waals surface area contributed by atoms with Crippen molar-refractivity contribution in [2.24, 2.45) is 0 Å². The van der Waals surface area contributed by atoms with Gasteiger partial charge in [0.25, 0.3) is 5.91 Å². The van der Waals surface area contributed by atoms with Gasteiger partial charge in [0.15, 0.2) is 11.5 Å². The largest absolute Gasteiger partial charge is 0.480 e. The molecule has 0 saturated carbocycles. The van der Waals surface area contributed by atoms with Crippen LogP contribution in [0.4, 0.5) is 4.39 Å². The Kier molecular flexibility index (Phi) is 4.69. The summed E-state index contributed by atoms with van der Waals surface area (Å²) in [5.74, 6) is -2.55. The van der Waals surface area contributed by atoms with Gasteiger partial charge in [-0.25, -0.2) is 13.9 Å². The van der Waals surface area contributed by atoms with E-state index in [4.69, 9.17) is 16.3 Å². The van der Waals surface area contributed by atoms with Crippen LogP contribution in [-0.2, 0) is 9.53 Å². The lowest BCUT2D eigenvalue weighted by atomic mass is 9.90. The Morgan fingerprint density at radius 2 is 2.08 bits per heavy atom. The summed E-state index contributed by atoms with van der Waals surface area (Å²) in [7, 11) is 0. The van der Waals surface area contributed by atoms with E-state index in [2.05, 4.69) is 15.6 Å². The second-order valence-corrected chi connectivity index (χ2v) is 5.98. The molecule has 3 rings (SSSR count). The fraction of sp³-hybridized carbons (Fsp3) is 0.333. The number of hydrogen-bond acceptors (Lipinski definition) is 5. The molecule has 0 bridgehead atoms. The Hall–Kier alpha value is -2.52. The van der Waals surface area contributed by atoms with Crippen LogP contribution in [0.25, 0.3) is 5.69 Å². The van der Waals surface area contributed by atoms with Crippen LogP contribution in [0.5, 0.6) is 0 Å². The lowest BCUT2D eigenvalue weighted by Gasteiger charge is -2.33. The molecule has 1 aliphatic rings. The predicted octanol–water partition coefficient (Wildman–Crippen LogP) is 1.42. The van der Waals surface area contributed by atoms with Gasteiger partial charge in [0.1, 0.15) is 11.2 Å². The first kappa shape index (κ1) is 17.3. The minimum absolute atomic E-state index is 0.0260. The maximum Gasteiger partial charge on any atom is 0.329 e. The zero-order valence-electron chi connectivity index (χ0n) is 12.9. The minimum Gasteiger partial charge on any atom is -0.480 e. The summed E-state index contributed by atoms with van der Waals surface area (Å²) < 4.78 is 20.2. The van der Waals surface area contributed by atoms with Crippen LogP contribution in [0.3, 0.4) is 0 Å². The van der Waals surface area contributed by atoms with E-state index < -0.39 is 23.2 Å². The number of nitrogens with one attached hydrogen (secondary N) is 1. The van der Waals surface area contributed by atoms with Crippen molar-refractivity contribution < 1.29 is 23.8 Å². The molecule has 25 heavy (non-hydrogen) atoms. The smallest absolute Gasteiger partial charge is 0.329 e. The summed E-state index contributed by atoms with van der Waals surface area (Å²) in [6, 6.07) is 4.34. The predicted molar refractivity (Wildman–Crippen MR) is 84.2 cm³/mol. The quantitative estimate of drug-likeness (QED) is 0.845. The highest BCUT2D eigenvalue weighted by Gasteiger charge is 2.42. The van der Waals surface area contributed by atoms with Gasteiger partial charge < -0.3 is 15.2 Å². The molecule has 0 unspecified atom stereocenters. The average Bonchev–Trinajstić information content (AvgIpc) is 3.08. The molecule has 0 atom stereocenters. The van der Waals surface area contributed by atoms with Crippen molar-refractivity contribution in [1.29, 1.82) is 0 Å². The number of halogens is 2. The standard InChI is InChI=1S/C15H14ClFN4O4/c16-9-2-1-3-11(12(9)17)21-8-10(19-20-21)13(22)18-15(14(23)24)4-6-25-7-5-15/h1-3,8H,4-7H2,(H,18,22)(H,23,24). The van der Waals surface area contributed by atoms with Crippen molar-refractivity contribution in [3.8, 4) is 5.69 Å². The van der Waals surface area contributed by atoms with E-state index in [0.717, 1.165) is 4.68 Å². The van der Waals surface area contributed by atoms with Crippen LogP contribution in [0, 0.1) is 5.82 Å². The molecular formula is C15H14ClFN4O4. The summed E-state index contributed by atoms with van der Waals surface area (Å²) in [4.78, 5) is 23.9. The van der Waals surface area contributed by atoms with Gasteiger partial charge in [0.05, 0.1) is 11.2 Å². The van der Waals surface area contributed by atoms with Crippen LogP contribution < -0.4 is 5.32 Å². The number of rotatable bonds is 4. The number of carbonyl (C=O) groups is 2. The van der Waals surface area contributed by atoms with Crippen molar-refractivity contribution in [2.75, 3.05) is 13.2 Å². The molecule has 10 heteroatoms. The maximum absolute atomic E-state index is 14.0. The topological polar surface area (TPSA) is 106 Å². The number of carboxylic acids is 1. The Morgan fingerprint density at radius 3 is 2.76 bits per heavy atom. The molecule has 0 radical (unpaired) electrons. The van der Waals surface area contributed by atoms with Gasteiger partial charge in [-0.15, -0.1) is 5.10 Å². The Bertz CT molecular complexity index is 820. The Labute approximate surface area is 146 Å². The van der Waals surface area contributed by atoms with E-state index >= 15 is 0 Å². The van der Waals surface area contributed by atoms with Crippen LogP contribution in [-0.4, -0.2) is 50.7 Å². The summed E-state index contributed by atoms with van der Waals surface area (Å²) in [6.07, 6.45) is 1.50. The van der Waals surface area contributed by atoms with E-state index in [-0.39, 0.29) is 42.5 Å². The van der Waals surface area contributed by atoms with Crippen molar-refractivity contribution >= 4 is 23.5 Å². The number of benzene rings is 1. The van der Waals surface area contributed by atoms with Gasteiger partial charge in [-0.2, -0.15) is 0 Å². The second kappa shape index (κ2) is 6.77. The third-order valence-corrected chi connectivity index (χ3v) is 4.30. The van der Waals surface area contributed by atoms with Gasteiger partial charge in [0, 0.05) is 26.1 Å². The zero-order chi connectivity index (χ0) is 18.0. The third-order valence-electron chi connectivity index (χ3n) is 4.01. The zero-order valence-corrected chi connectivity index (χ0v) is 13.7. The molecule has 8 nitrogen and oxygen atoms in total. The SMILES string of the molecule is O=C(NC1(C(=O)O)CCOCC1)c1cn(-c2cccc(Cl)c2F)nn1. The van der Waals surface area contributed by atoms with Crippen molar-refractivity contribution in [3.05, 3.63) is 40.9 Å². The molecule has 1 saturated heterocycles. The van der Waals surface area contributed by atoms with Gasteiger partial charge in [0.2, 0.25) is 0 Å². The molecule has 2 N–H and O–H groups in total. The summed E-state index contributed by atoms with van der Waals surface area (Å²) in [5, 5.41) is 19.2. The van der Waals surface area contributed by atoms with E-state index in [1.807, 2.05) is 0 Å². The highest BCUT2D eigenvalue weighted by atomic mass is 35.5. The molecular weight excluding hydrogens is 355 g/mol. The molecule has 1 aromatic carbocycles. The average molecular weight is 369 g/mol. The fourth-order valence-corrected chi connectivity index (χ4v) is 2.72. The normalized spacial score (nSPS) is 16.4. The maximum atomic E-state index is 14.0. The number of carbonyl (C=O) groups excluding carboxylic acids is 1. The lowest BCUT2D eigenvalue weighted by Crippen LogP contribution is -2.57. The monoisotopic (exact) mass is 368 g/mol. The van der Waals surface area contributed by atoms with Crippen LogP contribution in [0.2, 0.25) is 5.02 Å². The van der Waals surface area contributed by atoms with Gasteiger partial charge in [-0.05, 0) is 12.1 Å². The minimum atomic E-state index is -1.42. The molecule has 0 aliphatic carbocycles. The van der Waals surface area contributed by atoms with Crippen molar-refractivity contribution in [3.63, 3.8) is 0 Å². The highest BCUT2D eigenvalue weighted by molar-refractivity contribution is 6.30. The first-order valence-electron chi connectivity index (χ1n) is 7.43. The fourth-order valence-electron chi connectivity index (χ4n) is 2.55. The number of ether oxygens (including phenoxy) is 1. The van der Waals surface area contributed by atoms with Crippen LogP contribution >= 0.6 is 11.6 Å². The Morgan fingerprint density at radius 1 is 1.36 bits per heavy atom. The molecule has 1 aliphatic heterocycles. The van der Waals surface area contributed by atoms with Gasteiger partial charge in [-0.3, -0.25) is 4.79 Å². The molecule has 2 aromatic rings. The first-order valence-corrected chi connectivity index (χ1v) is 7.81. The summed E-state index contributed by atoms with van der Waals surface area (Å²) >= 11 is 5.72. The van der Waals surface area contributed by atoms with E-state index in [1.54, 1.807) is 0 Å². The van der Waals surface area contributed by atoms with Gasteiger partial charge in [-0.1, -0.05) is 22.9 Å². The number of carboxylic acid groups (broad SMARTS) is 1. The summed E-state index contributed by atoms with van der Waals surface area (Å²) in [6.45, 7) is 0.458. The molecule has 1 amide bonds. The highest BCUT2D eigenvalue weighted by Crippen LogP contribution is 2.23. The third kappa shape index (κ3) is 3.33. The van der Waals surface area contributed by atoms with Gasteiger partial charge >= 0.3 is 5.97 Å². The van der Waals surface area contributed by atoms with E-state index in [9.17, 15) is 19.1 Å². The second-order valence-electron chi connectivity index (χ2n) is 5.58. The number of aromatic nitrogens is 3. The van der Waals surface area contributed by atoms with Crippen LogP contribution in [0.15, 0.2) is 24.4 Å². The number of aliphatic carboxylic acids is 1. The number of nitrogens with zero attached hydrogens (tertiary/aromatic N) is 3. The first-order chi connectivity index (χ1) is 11.9. The Balaban J connectivity index is 1.83. The van der Waals surface area contributed by atoms with E-state index in [1.165, 1.54) is 24.4 Å².